The standard InChI is InChI=1S/C57H36N4O/c1-5-18-37(19-6-1)54-59-55(38-20-7-2-8-21-38)61-56(60-54)47-36-39(42-34-35-58-52-46-27-14-16-31-50(46)62-53(42)52)32-33-43(47)44-28-17-30-49-51(44)45-26-13-15-29-48(45)57(49,40-22-9-3-10-23-40)41-24-11-4-12-25-41/h1-36H. The summed E-state index contributed by atoms with van der Waals surface area (Å²) in [5, 5.41) is 0.984. The average Bonchev–Trinajstić information content (AvgIpc) is 3.89. The van der Waals surface area contributed by atoms with Crippen LogP contribution in [0.5, 0.6) is 0 Å². The second kappa shape index (κ2) is 14.5. The SMILES string of the molecule is c1ccc(-c2nc(-c3ccccc3)nc(-c3cc(-c4ccnc5c4oc4ccccc45)ccc3-c3cccc4c3-c3ccccc3C4(c3ccccc3)c3ccccc3)n2)cc1. The number of rotatable bonds is 7. The molecule has 1 aliphatic carbocycles. The van der Waals surface area contributed by atoms with Crippen LogP contribution in [0, 0.1) is 0 Å². The first-order chi connectivity index (χ1) is 30.8. The number of aromatic nitrogens is 4. The zero-order chi connectivity index (χ0) is 41.0. The number of pyridine rings is 1. The lowest BCUT2D eigenvalue weighted by Gasteiger charge is -2.34. The zero-order valence-electron chi connectivity index (χ0n) is 33.5. The van der Waals surface area contributed by atoms with E-state index in [1.807, 2.05) is 91.1 Å². The summed E-state index contributed by atoms with van der Waals surface area (Å²) in [5.74, 6) is 1.78. The monoisotopic (exact) mass is 792 g/mol. The van der Waals surface area contributed by atoms with Gasteiger partial charge in [0.15, 0.2) is 23.1 Å². The van der Waals surface area contributed by atoms with Gasteiger partial charge >= 0.3 is 0 Å². The van der Waals surface area contributed by atoms with E-state index >= 15 is 0 Å². The Morgan fingerprint density at radius 2 is 0.935 bits per heavy atom. The number of fused-ring (bicyclic) bond motifs is 6. The van der Waals surface area contributed by atoms with Gasteiger partial charge in [-0.15, -0.1) is 0 Å². The maximum atomic E-state index is 6.56. The molecule has 0 atom stereocenters. The topological polar surface area (TPSA) is 64.7 Å². The molecule has 0 fully saturated rings. The normalized spacial score (nSPS) is 12.6. The van der Waals surface area contributed by atoms with Crippen molar-refractivity contribution in [3.05, 3.63) is 241 Å². The van der Waals surface area contributed by atoms with Crippen molar-refractivity contribution in [3.8, 4) is 67.5 Å². The lowest BCUT2D eigenvalue weighted by atomic mass is 9.67. The van der Waals surface area contributed by atoms with Crippen LogP contribution in [-0.2, 0) is 5.41 Å². The number of nitrogens with zero attached hydrogens (tertiary/aromatic N) is 4. The van der Waals surface area contributed by atoms with Crippen LogP contribution < -0.4 is 0 Å². The van der Waals surface area contributed by atoms with Crippen LogP contribution in [0.2, 0.25) is 0 Å². The van der Waals surface area contributed by atoms with Crippen LogP contribution >= 0.6 is 0 Å². The minimum atomic E-state index is -0.553. The van der Waals surface area contributed by atoms with Crippen molar-refractivity contribution in [2.24, 2.45) is 0 Å². The van der Waals surface area contributed by atoms with Gasteiger partial charge in [-0.3, -0.25) is 4.98 Å². The fourth-order valence-corrected chi connectivity index (χ4v) is 9.61. The number of para-hydroxylation sites is 1. The summed E-state index contributed by atoms with van der Waals surface area (Å²) in [4.78, 5) is 20.5. The van der Waals surface area contributed by atoms with E-state index in [-0.39, 0.29) is 0 Å². The van der Waals surface area contributed by atoms with Crippen LogP contribution in [0.15, 0.2) is 223 Å². The maximum Gasteiger partial charge on any atom is 0.164 e. The summed E-state index contributed by atoms with van der Waals surface area (Å²) in [7, 11) is 0. The molecule has 0 aliphatic heterocycles. The van der Waals surface area contributed by atoms with Gasteiger partial charge in [-0.25, -0.2) is 15.0 Å². The molecule has 0 saturated carbocycles. The molecule has 0 spiro atoms. The van der Waals surface area contributed by atoms with E-state index < -0.39 is 5.41 Å². The summed E-state index contributed by atoms with van der Waals surface area (Å²) >= 11 is 0. The Balaban J connectivity index is 1.17. The second-order valence-electron chi connectivity index (χ2n) is 15.7. The Labute approximate surface area is 358 Å². The summed E-state index contributed by atoms with van der Waals surface area (Å²) in [6.45, 7) is 0. The van der Waals surface area contributed by atoms with Crippen LogP contribution in [0.3, 0.4) is 0 Å². The van der Waals surface area contributed by atoms with Gasteiger partial charge in [0.2, 0.25) is 0 Å². The molecule has 0 saturated heterocycles. The van der Waals surface area contributed by atoms with Gasteiger partial charge in [-0.1, -0.05) is 188 Å². The van der Waals surface area contributed by atoms with Crippen molar-refractivity contribution in [2.75, 3.05) is 0 Å². The van der Waals surface area contributed by atoms with Gasteiger partial charge in [0.05, 0.1) is 5.41 Å². The van der Waals surface area contributed by atoms with E-state index in [0.717, 1.165) is 61.0 Å². The van der Waals surface area contributed by atoms with Crippen LogP contribution in [-0.4, -0.2) is 19.9 Å². The maximum absolute atomic E-state index is 6.56. The molecule has 0 unspecified atom stereocenters. The smallest absolute Gasteiger partial charge is 0.164 e. The molecule has 11 aromatic rings. The van der Waals surface area contributed by atoms with E-state index in [2.05, 4.69) is 127 Å². The fourth-order valence-electron chi connectivity index (χ4n) is 9.61. The van der Waals surface area contributed by atoms with Crippen LogP contribution in [0.4, 0.5) is 0 Å². The molecule has 5 heteroatoms. The molecular formula is C57H36N4O. The van der Waals surface area contributed by atoms with Gasteiger partial charge in [0.25, 0.3) is 0 Å². The highest BCUT2D eigenvalue weighted by Crippen LogP contribution is 2.58. The van der Waals surface area contributed by atoms with E-state index in [9.17, 15) is 0 Å². The van der Waals surface area contributed by atoms with Crippen molar-refractivity contribution >= 4 is 22.1 Å². The van der Waals surface area contributed by atoms with Crippen LogP contribution in [0.25, 0.3) is 89.6 Å². The van der Waals surface area contributed by atoms with Crippen molar-refractivity contribution in [3.63, 3.8) is 0 Å². The van der Waals surface area contributed by atoms with E-state index in [1.165, 1.54) is 33.4 Å². The van der Waals surface area contributed by atoms with E-state index in [4.69, 9.17) is 24.4 Å². The Kier molecular flexibility index (Phi) is 8.32. The first-order valence-corrected chi connectivity index (χ1v) is 20.9. The third kappa shape index (κ3) is 5.56. The first-order valence-electron chi connectivity index (χ1n) is 20.9. The molecule has 0 N–H and O–H groups in total. The molecule has 1 aliphatic rings. The highest BCUT2D eigenvalue weighted by molar-refractivity contribution is 6.08. The van der Waals surface area contributed by atoms with Crippen molar-refractivity contribution in [1.82, 2.24) is 19.9 Å². The Morgan fingerprint density at radius 3 is 1.63 bits per heavy atom. The molecular weight excluding hydrogens is 757 g/mol. The Morgan fingerprint density at radius 1 is 0.371 bits per heavy atom. The summed E-state index contributed by atoms with van der Waals surface area (Å²) in [5.41, 5.74) is 15.8. The summed E-state index contributed by atoms with van der Waals surface area (Å²) < 4.78 is 6.56. The Hall–Kier alpha value is -8.28. The van der Waals surface area contributed by atoms with Crippen molar-refractivity contribution in [1.29, 1.82) is 0 Å². The first kappa shape index (κ1) is 35.6. The highest BCUT2D eigenvalue weighted by Gasteiger charge is 2.46. The molecule has 290 valence electrons. The third-order valence-corrected chi connectivity index (χ3v) is 12.3. The fraction of sp³-hybridized carbons (Fsp3) is 0.0175. The average molecular weight is 793 g/mol. The van der Waals surface area contributed by atoms with Gasteiger partial charge in [-0.05, 0) is 74.3 Å². The largest absolute Gasteiger partial charge is 0.454 e. The molecule has 3 heterocycles. The molecule has 0 bridgehead atoms. The number of benzene rings is 8. The van der Waals surface area contributed by atoms with E-state index in [0.29, 0.717) is 17.5 Å². The van der Waals surface area contributed by atoms with Gasteiger partial charge in [0.1, 0.15) is 11.1 Å². The van der Waals surface area contributed by atoms with Gasteiger partial charge < -0.3 is 4.42 Å². The van der Waals surface area contributed by atoms with Crippen molar-refractivity contribution < 1.29 is 4.42 Å². The minimum absolute atomic E-state index is 0.553. The number of hydrogen-bond donors (Lipinski definition) is 0. The molecule has 0 radical (unpaired) electrons. The third-order valence-electron chi connectivity index (χ3n) is 12.3. The van der Waals surface area contributed by atoms with Crippen molar-refractivity contribution in [2.45, 2.75) is 5.41 Å². The Bertz CT molecular complexity index is 3360. The molecule has 3 aromatic heterocycles. The van der Waals surface area contributed by atoms with Gasteiger partial charge in [0, 0.05) is 33.8 Å². The quantitative estimate of drug-likeness (QED) is 0.161. The predicted molar refractivity (Wildman–Crippen MR) is 249 cm³/mol. The highest BCUT2D eigenvalue weighted by atomic mass is 16.3. The van der Waals surface area contributed by atoms with Gasteiger partial charge in [-0.2, -0.15) is 0 Å². The van der Waals surface area contributed by atoms with Crippen LogP contribution in [0.1, 0.15) is 22.3 Å². The molecule has 8 aromatic carbocycles. The lowest BCUT2D eigenvalue weighted by Crippen LogP contribution is -2.28. The number of furan rings is 1. The molecule has 0 amide bonds. The zero-order valence-corrected chi connectivity index (χ0v) is 33.5. The second-order valence-corrected chi connectivity index (χ2v) is 15.7. The number of hydrogen-bond acceptors (Lipinski definition) is 5. The molecule has 12 rings (SSSR count). The predicted octanol–water partition coefficient (Wildman–Crippen LogP) is 13.9. The van der Waals surface area contributed by atoms with E-state index in [1.54, 1.807) is 0 Å². The minimum Gasteiger partial charge on any atom is -0.454 e. The summed E-state index contributed by atoms with van der Waals surface area (Å²) in [6.07, 6.45) is 1.87. The molecule has 62 heavy (non-hydrogen) atoms. The lowest BCUT2D eigenvalue weighted by molar-refractivity contribution is 0.669. The molecule has 5 nitrogen and oxygen atoms in total. The summed E-state index contributed by atoms with van der Waals surface area (Å²) in [6, 6.07) is 74.6.